The van der Waals surface area contributed by atoms with Gasteiger partial charge in [-0.2, -0.15) is 5.10 Å². The number of methoxy groups -OCH3 is 1. The molecule has 3 rings (SSSR count). The average Bonchev–Trinajstić information content (AvgIpc) is 2.88. The molecule has 8 heteroatoms. The minimum Gasteiger partial charge on any atom is -0.495 e. The van der Waals surface area contributed by atoms with Crippen molar-refractivity contribution in [1.82, 2.24) is 5.43 Å². The highest BCUT2D eigenvalue weighted by molar-refractivity contribution is 7.80. The third kappa shape index (κ3) is 3.18. The van der Waals surface area contributed by atoms with Crippen LogP contribution in [0.1, 0.15) is 5.56 Å². The van der Waals surface area contributed by atoms with Crippen LogP contribution in [0.15, 0.2) is 47.6 Å². The van der Waals surface area contributed by atoms with Gasteiger partial charge >= 0.3 is 0 Å². The van der Waals surface area contributed by atoms with Gasteiger partial charge in [-0.1, -0.05) is 12.1 Å². The Morgan fingerprint density at radius 1 is 1.29 bits per heavy atom. The maximum Gasteiger partial charge on any atom is 0.276 e. The van der Waals surface area contributed by atoms with Gasteiger partial charge in [0.05, 0.1) is 18.5 Å². The van der Waals surface area contributed by atoms with E-state index >= 15 is 0 Å². The summed E-state index contributed by atoms with van der Waals surface area (Å²) < 4.78 is 18.6. The molecule has 0 spiro atoms. The SMILES string of the molecule is COc1ccccc1NC(=S)N/N=C1\C(=O)Nc2ccc(F)cc21. The van der Waals surface area contributed by atoms with Crippen LogP contribution in [0.2, 0.25) is 0 Å². The first-order chi connectivity index (χ1) is 11.6. The number of carbonyl (C=O) groups excluding carboxylic acids is 1. The first-order valence-electron chi connectivity index (χ1n) is 6.97. The Balaban J connectivity index is 1.75. The molecule has 24 heavy (non-hydrogen) atoms. The molecule has 0 radical (unpaired) electrons. The lowest BCUT2D eigenvalue weighted by atomic mass is 10.1. The van der Waals surface area contributed by atoms with E-state index in [2.05, 4.69) is 21.2 Å². The summed E-state index contributed by atoms with van der Waals surface area (Å²) in [7, 11) is 1.55. The van der Waals surface area contributed by atoms with Gasteiger partial charge in [-0.3, -0.25) is 10.2 Å². The van der Waals surface area contributed by atoms with Crippen LogP contribution in [0.25, 0.3) is 0 Å². The summed E-state index contributed by atoms with van der Waals surface area (Å²) in [4.78, 5) is 11.9. The molecule has 122 valence electrons. The molecule has 0 saturated carbocycles. The van der Waals surface area contributed by atoms with Crippen LogP contribution in [-0.2, 0) is 4.79 Å². The molecule has 0 atom stereocenters. The molecule has 2 aromatic rings. The minimum absolute atomic E-state index is 0.0636. The van der Waals surface area contributed by atoms with Gasteiger partial charge in [0, 0.05) is 5.56 Å². The monoisotopic (exact) mass is 344 g/mol. The summed E-state index contributed by atoms with van der Waals surface area (Å²) in [6, 6.07) is 11.2. The lowest BCUT2D eigenvalue weighted by Gasteiger charge is -2.11. The fourth-order valence-corrected chi connectivity index (χ4v) is 2.40. The van der Waals surface area contributed by atoms with Gasteiger partial charge in [-0.05, 0) is 42.5 Å². The Labute approximate surface area is 142 Å². The highest BCUT2D eigenvalue weighted by Gasteiger charge is 2.26. The van der Waals surface area contributed by atoms with Crippen molar-refractivity contribution in [3.63, 3.8) is 0 Å². The number of thiocarbonyl (C=S) groups is 1. The second kappa shape index (κ2) is 6.63. The fraction of sp³-hybridized carbons (Fsp3) is 0.0625. The lowest BCUT2D eigenvalue weighted by Crippen LogP contribution is -2.27. The van der Waals surface area contributed by atoms with Crippen molar-refractivity contribution in [3.05, 3.63) is 53.8 Å². The standard InChI is InChI=1S/C16H13FN4O2S/c1-23-13-5-3-2-4-12(13)19-16(24)21-20-14-10-8-9(17)6-7-11(10)18-15(14)22/h2-8H,1H3,(H,18,20,22)(H2,19,21,24). The van der Waals surface area contributed by atoms with Gasteiger partial charge in [0.2, 0.25) is 0 Å². The Kier molecular flexibility index (Phi) is 4.39. The Morgan fingerprint density at radius 3 is 2.88 bits per heavy atom. The van der Waals surface area contributed by atoms with Crippen molar-refractivity contribution in [2.75, 3.05) is 17.7 Å². The molecule has 6 nitrogen and oxygen atoms in total. The molecular weight excluding hydrogens is 331 g/mol. The second-order valence-corrected chi connectivity index (χ2v) is 5.28. The molecule has 1 aliphatic rings. The molecule has 0 aliphatic carbocycles. The zero-order chi connectivity index (χ0) is 17.1. The van der Waals surface area contributed by atoms with Crippen molar-refractivity contribution in [3.8, 4) is 5.75 Å². The van der Waals surface area contributed by atoms with Crippen LogP contribution in [0.3, 0.4) is 0 Å². The number of fused-ring (bicyclic) bond motifs is 1. The van der Waals surface area contributed by atoms with Crippen molar-refractivity contribution in [2.24, 2.45) is 5.10 Å². The maximum absolute atomic E-state index is 13.4. The van der Waals surface area contributed by atoms with E-state index in [1.807, 2.05) is 12.1 Å². The number of hydrogen-bond acceptors (Lipinski definition) is 4. The van der Waals surface area contributed by atoms with Gasteiger partial charge in [0.1, 0.15) is 11.6 Å². The van der Waals surface area contributed by atoms with Gasteiger partial charge in [0.25, 0.3) is 5.91 Å². The zero-order valence-electron chi connectivity index (χ0n) is 12.6. The first kappa shape index (κ1) is 15.9. The topological polar surface area (TPSA) is 74.8 Å². The van der Waals surface area contributed by atoms with Crippen LogP contribution in [0.4, 0.5) is 15.8 Å². The molecule has 1 amide bonds. The summed E-state index contributed by atoms with van der Waals surface area (Å²) in [6.45, 7) is 0. The third-order valence-electron chi connectivity index (χ3n) is 3.32. The lowest BCUT2D eigenvalue weighted by molar-refractivity contribution is -0.110. The van der Waals surface area contributed by atoms with E-state index in [1.165, 1.54) is 18.2 Å². The summed E-state index contributed by atoms with van der Waals surface area (Å²) in [6.07, 6.45) is 0. The van der Waals surface area contributed by atoms with Crippen molar-refractivity contribution >= 4 is 40.3 Å². The number of nitrogens with one attached hydrogen (secondary N) is 3. The predicted molar refractivity (Wildman–Crippen MR) is 93.9 cm³/mol. The summed E-state index contributed by atoms with van der Waals surface area (Å²) in [5, 5.41) is 9.68. The molecule has 1 heterocycles. The van der Waals surface area contributed by atoms with Crippen molar-refractivity contribution in [1.29, 1.82) is 0 Å². The molecule has 0 aromatic heterocycles. The predicted octanol–water partition coefficient (Wildman–Crippen LogP) is 2.48. The van der Waals surface area contributed by atoms with Gasteiger partial charge in [-0.25, -0.2) is 4.39 Å². The van der Waals surface area contributed by atoms with Crippen LogP contribution >= 0.6 is 12.2 Å². The molecule has 3 N–H and O–H groups in total. The number of hydrazone groups is 1. The maximum atomic E-state index is 13.4. The van der Waals surface area contributed by atoms with E-state index < -0.39 is 11.7 Å². The number of nitrogens with zero attached hydrogens (tertiary/aromatic N) is 1. The highest BCUT2D eigenvalue weighted by atomic mass is 32.1. The Hall–Kier alpha value is -3.00. The summed E-state index contributed by atoms with van der Waals surface area (Å²) in [5.74, 6) is -0.267. The van der Waals surface area contributed by atoms with Crippen molar-refractivity contribution in [2.45, 2.75) is 0 Å². The molecule has 0 unspecified atom stereocenters. The number of para-hydroxylation sites is 2. The molecule has 0 saturated heterocycles. The normalized spacial score (nSPS) is 14.1. The quantitative estimate of drug-likeness (QED) is 0.589. The molecule has 0 fully saturated rings. The first-order valence-corrected chi connectivity index (χ1v) is 7.38. The van der Waals surface area contributed by atoms with E-state index in [4.69, 9.17) is 17.0 Å². The van der Waals surface area contributed by atoms with Gasteiger partial charge in [0.15, 0.2) is 10.8 Å². The zero-order valence-corrected chi connectivity index (χ0v) is 13.4. The van der Waals surface area contributed by atoms with E-state index in [0.717, 1.165) is 0 Å². The number of hydrogen-bond donors (Lipinski definition) is 3. The number of ether oxygens (including phenoxy) is 1. The molecule has 0 bridgehead atoms. The number of anilines is 2. The number of carbonyl (C=O) groups is 1. The third-order valence-corrected chi connectivity index (χ3v) is 3.52. The highest BCUT2D eigenvalue weighted by Crippen LogP contribution is 2.24. The van der Waals surface area contributed by atoms with Crippen LogP contribution in [0.5, 0.6) is 5.75 Å². The second-order valence-electron chi connectivity index (χ2n) is 4.87. The van der Waals surface area contributed by atoms with E-state index in [-0.39, 0.29) is 10.8 Å². The molecule has 2 aromatic carbocycles. The van der Waals surface area contributed by atoms with E-state index in [0.29, 0.717) is 22.7 Å². The summed E-state index contributed by atoms with van der Waals surface area (Å²) in [5.41, 5.74) is 4.19. The van der Waals surface area contributed by atoms with Crippen LogP contribution < -0.4 is 20.8 Å². The Bertz CT molecular complexity index is 854. The average molecular weight is 344 g/mol. The van der Waals surface area contributed by atoms with E-state index in [9.17, 15) is 9.18 Å². The van der Waals surface area contributed by atoms with Crippen molar-refractivity contribution < 1.29 is 13.9 Å². The smallest absolute Gasteiger partial charge is 0.276 e. The van der Waals surface area contributed by atoms with Crippen LogP contribution in [-0.4, -0.2) is 23.8 Å². The van der Waals surface area contributed by atoms with E-state index in [1.54, 1.807) is 19.2 Å². The fourth-order valence-electron chi connectivity index (χ4n) is 2.24. The molecular formula is C16H13FN4O2S. The largest absolute Gasteiger partial charge is 0.495 e. The van der Waals surface area contributed by atoms with Gasteiger partial charge < -0.3 is 15.4 Å². The number of benzene rings is 2. The molecule has 1 aliphatic heterocycles. The number of amides is 1. The number of rotatable bonds is 3. The number of halogens is 1. The van der Waals surface area contributed by atoms with Crippen LogP contribution in [0, 0.1) is 5.82 Å². The minimum atomic E-state index is -0.451. The van der Waals surface area contributed by atoms with Gasteiger partial charge in [-0.15, -0.1) is 0 Å². The Morgan fingerprint density at radius 2 is 2.08 bits per heavy atom. The summed E-state index contributed by atoms with van der Waals surface area (Å²) >= 11 is 5.15.